The summed E-state index contributed by atoms with van der Waals surface area (Å²) >= 11 is 12.3. The van der Waals surface area contributed by atoms with Crippen molar-refractivity contribution in [2.45, 2.75) is 0 Å². The van der Waals surface area contributed by atoms with Crippen molar-refractivity contribution in [1.29, 1.82) is 0 Å². The van der Waals surface area contributed by atoms with Crippen LogP contribution in [-0.2, 0) is 4.79 Å². The molecule has 1 aliphatic rings. The molecule has 0 saturated carbocycles. The summed E-state index contributed by atoms with van der Waals surface area (Å²) in [6.07, 6.45) is 0. The molecular formula is C23H25Cl2N8O4-. The Hall–Kier alpha value is -3.55. The number of hydrogen-bond acceptors (Lipinski definition) is 11. The van der Waals surface area contributed by atoms with E-state index < -0.39 is 0 Å². The number of nitrogens with zero attached hydrogens (tertiary/aromatic N) is 5. The molecule has 0 aliphatic carbocycles. The minimum atomic E-state index is -0.338. The van der Waals surface area contributed by atoms with E-state index in [0.29, 0.717) is 59.3 Å². The minimum absolute atomic E-state index is 0.0633. The Morgan fingerprint density at radius 2 is 1.81 bits per heavy atom. The molecule has 0 unspecified atom stereocenters. The number of likely N-dealkylation sites (N-methyl/N-ethyl adjacent to an activating group) is 1. The number of nitrogens with two attached hydrogens (primary N) is 1. The summed E-state index contributed by atoms with van der Waals surface area (Å²) in [4.78, 5) is 24.9. The molecule has 196 valence electrons. The highest BCUT2D eigenvalue weighted by Gasteiger charge is 2.26. The normalized spacial score (nSPS) is 14.0. The summed E-state index contributed by atoms with van der Waals surface area (Å²) < 4.78 is 6.05. The molecule has 0 atom stereocenters. The van der Waals surface area contributed by atoms with Crippen molar-refractivity contribution in [3.05, 3.63) is 57.7 Å². The van der Waals surface area contributed by atoms with Crippen molar-refractivity contribution in [1.82, 2.24) is 14.9 Å². The van der Waals surface area contributed by atoms with Crippen LogP contribution in [-0.4, -0.2) is 65.8 Å². The number of amides is 1. The maximum absolute atomic E-state index is 12.7. The number of ether oxygens (including phenoxy) is 1. The van der Waals surface area contributed by atoms with Gasteiger partial charge in [-0.3, -0.25) is 14.9 Å². The lowest BCUT2D eigenvalue weighted by Gasteiger charge is -2.32. The van der Waals surface area contributed by atoms with Gasteiger partial charge in [0, 0.05) is 31.2 Å². The minimum Gasteiger partial charge on any atom is -0.733 e. The van der Waals surface area contributed by atoms with Gasteiger partial charge in [0.1, 0.15) is 23.1 Å². The highest BCUT2D eigenvalue weighted by atomic mass is 35.5. The summed E-state index contributed by atoms with van der Waals surface area (Å²) in [7, 11) is 1.89. The lowest BCUT2D eigenvalue weighted by molar-refractivity contribution is -0.120. The largest absolute Gasteiger partial charge is 0.733 e. The van der Waals surface area contributed by atoms with Crippen LogP contribution >= 0.6 is 23.2 Å². The summed E-state index contributed by atoms with van der Waals surface area (Å²) in [5.74, 6) is 1.35. The Labute approximate surface area is 223 Å². The summed E-state index contributed by atoms with van der Waals surface area (Å²) in [5, 5.41) is 26.7. The van der Waals surface area contributed by atoms with E-state index in [-0.39, 0.29) is 35.1 Å². The molecule has 2 aromatic heterocycles. The van der Waals surface area contributed by atoms with Crippen LogP contribution in [0.3, 0.4) is 0 Å². The number of piperazine rings is 1. The van der Waals surface area contributed by atoms with Crippen LogP contribution in [0, 0.1) is 5.21 Å². The van der Waals surface area contributed by atoms with Crippen molar-refractivity contribution < 1.29 is 14.7 Å². The number of hydrogen-bond donors (Lipinski definition) is 4. The maximum Gasteiger partial charge on any atom is 0.245 e. The Kier molecular flexibility index (Phi) is 8.36. The number of pyridine rings is 2. The van der Waals surface area contributed by atoms with Crippen LogP contribution in [0.4, 0.5) is 28.8 Å². The second-order valence-corrected chi connectivity index (χ2v) is 9.05. The number of halogens is 2. The van der Waals surface area contributed by atoms with Gasteiger partial charge < -0.3 is 36.4 Å². The number of carbonyl (C=O) groups is 1. The fraction of sp³-hybridized carbons (Fsp3) is 0.261. The third-order valence-corrected chi connectivity index (χ3v) is 6.02. The Bertz CT molecular complexity index is 1280. The van der Waals surface area contributed by atoms with Gasteiger partial charge in [0.15, 0.2) is 5.82 Å². The van der Waals surface area contributed by atoms with Crippen molar-refractivity contribution in [3.63, 3.8) is 0 Å². The highest BCUT2D eigenvalue weighted by molar-refractivity contribution is 6.35. The standard InChI is InChI=1S/C23H25Cl2N8O4/c1-31-10-11-32(21(34)13-31)17-4-7-20(30-23(17)37-18-5-2-14(24)12-15(18)25)28-9-8-27-19-6-3-16(33(35)36)22(26)29-19/h2-7,12,35H,8-11,13H2,1H3,(H,28,30)(H3,26,27,29)/q-1. The number of aromatic nitrogens is 2. The molecule has 12 nitrogen and oxygen atoms in total. The van der Waals surface area contributed by atoms with Crippen LogP contribution in [0.25, 0.3) is 0 Å². The van der Waals surface area contributed by atoms with Gasteiger partial charge in [-0.2, -0.15) is 4.98 Å². The quantitative estimate of drug-likeness (QED) is 0.229. The molecule has 5 N–H and O–H groups in total. The number of anilines is 5. The Morgan fingerprint density at radius 3 is 2.46 bits per heavy atom. The van der Waals surface area contributed by atoms with Crippen molar-refractivity contribution in [3.8, 4) is 11.6 Å². The lowest BCUT2D eigenvalue weighted by Crippen LogP contribution is -2.49. The molecule has 0 bridgehead atoms. The molecule has 37 heavy (non-hydrogen) atoms. The zero-order valence-electron chi connectivity index (χ0n) is 19.8. The van der Waals surface area contributed by atoms with Crippen LogP contribution in [0.15, 0.2) is 42.5 Å². The zero-order valence-corrected chi connectivity index (χ0v) is 21.3. The average Bonchev–Trinajstić information content (AvgIpc) is 2.84. The maximum atomic E-state index is 12.7. The van der Waals surface area contributed by atoms with E-state index in [0.717, 1.165) is 0 Å². The van der Waals surface area contributed by atoms with Gasteiger partial charge in [0.25, 0.3) is 0 Å². The van der Waals surface area contributed by atoms with E-state index >= 15 is 0 Å². The third kappa shape index (κ3) is 6.61. The van der Waals surface area contributed by atoms with E-state index in [1.165, 1.54) is 12.1 Å². The van der Waals surface area contributed by atoms with Gasteiger partial charge in [-0.05, 0) is 49.5 Å². The van der Waals surface area contributed by atoms with Crippen LogP contribution in [0.2, 0.25) is 10.0 Å². The molecular weight excluding hydrogens is 523 g/mol. The van der Waals surface area contributed by atoms with E-state index in [1.54, 1.807) is 35.2 Å². The summed E-state index contributed by atoms with van der Waals surface area (Å²) in [5.41, 5.74) is 6.06. The first-order valence-corrected chi connectivity index (χ1v) is 12.0. The fourth-order valence-corrected chi connectivity index (χ4v) is 4.08. The summed E-state index contributed by atoms with van der Waals surface area (Å²) in [6, 6.07) is 11.3. The monoisotopic (exact) mass is 547 g/mol. The molecule has 1 amide bonds. The van der Waals surface area contributed by atoms with Crippen LogP contribution < -0.4 is 31.2 Å². The second-order valence-electron chi connectivity index (χ2n) is 8.21. The van der Waals surface area contributed by atoms with Gasteiger partial charge >= 0.3 is 0 Å². The number of benzene rings is 1. The van der Waals surface area contributed by atoms with Gasteiger partial charge in [0.05, 0.1) is 17.3 Å². The molecule has 1 aliphatic heterocycles. The molecule has 14 heteroatoms. The molecule has 3 aromatic rings. The first kappa shape index (κ1) is 26.5. The molecule has 3 heterocycles. The first-order valence-electron chi connectivity index (χ1n) is 11.2. The number of rotatable bonds is 9. The topological polar surface area (TPSA) is 155 Å². The predicted octanol–water partition coefficient (Wildman–Crippen LogP) is 3.65. The van der Waals surface area contributed by atoms with E-state index in [1.807, 2.05) is 11.9 Å². The Morgan fingerprint density at radius 1 is 1.11 bits per heavy atom. The molecule has 0 spiro atoms. The van der Waals surface area contributed by atoms with Crippen LogP contribution in [0.1, 0.15) is 0 Å². The lowest BCUT2D eigenvalue weighted by atomic mass is 10.2. The molecule has 1 aromatic carbocycles. The number of nitrogen functional groups attached to an aromatic ring is 1. The van der Waals surface area contributed by atoms with Crippen LogP contribution in [0.5, 0.6) is 11.6 Å². The zero-order chi connectivity index (χ0) is 26.5. The Balaban J connectivity index is 1.48. The van der Waals surface area contributed by atoms with Gasteiger partial charge in [-0.25, -0.2) is 4.98 Å². The predicted molar refractivity (Wildman–Crippen MR) is 144 cm³/mol. The van der Waals surface area contributed by atoms with Gasteiger partial charge in [-0.1, -0.05) is 23.2 Å². The van der Waals surface area contributed by atoms with Crippen molar-refractivity contribution in [2.75, 3.05) is 66.3 Å². The van der Waals surface area contributed by atoms with Gasteiger partial charge in [0.2, 0.25) is 11.8 Å². The molecule has 1 saturated heterocycles. The molecule has 1 fully saturated rings. The number of carbonyl (C=O) groups excluding carboxylic acids is 1. The first-order chi connectivity index (χ1) is 17.7. The van der Waals surface area contributed by atoms with Gasteiger partial charge in [-0.15, -0.1) is 0 Å². The van der Waals surface area contributed by atoms with E-state index in [4.69, 9.17) is 38.9 Å². The molecule has 4 rings (SSSR count). The van der Waals surface area contributed by atoms with Crippen molar-refractivity contribution >= 4 is 57.9 Å². The van der Waals surface area contributed by atoms with E-state index in [9.17, 15) is 10.0 Å². The third-order valence-electron chi connectivity index (χ3n) is 5.49. The molecule has 0 radical (unpaired) electrons. The second kappa shape index (κ2) is 11.7. The number of nitrogens with one attached hydrogen (secondary N) is 2. The summed E-state index contributed by atoms with van der Waals surface area (Å²) in [6.45, 7) is 2.37. The van der Waals surface area contributed by atoms with E-state index in [2.05, 4.69) is 20.6 Å². The SMILES string of the molecule is CN1CCN(c2ccc(NCCNc3ccc(N([O-])O)c(N)n3)nc2Oc2ccc(Cl)cc2Cl)C(=O)C1. The highest BCUT2D eigenvalue weighted by Crippen LogP contribution is 2.36. The average molecular weight is 548 g/mol. The fourth-order valence-electron chi connectivity index (χ4n) is 3.63. The smallest absolute Gasteiger partial charge is 0.245 e. The van der Waals surface area contributed by atoms with Crippen molar-refractivity contribution in [2.24, 2.45) is 0 Å².